The zero-order chi connectivity index (χ0) is 12.5. The molecule has 17 heavy (non-hydrogen) atoms. The maximum Gasteiger partial charge on any atom is 0.0953 e. The largest absolute Gasteiger partial charge is 0.398 e. The molecular formula is C13H17N3O. The molecule has 4 N–H and O–H groups in total. The third kappa shape index (κ3) is 2.65. The molecule has 90 valence electrons. The molecular weight excluding hydrogens is 214 g/mol. The molecule has 1 aromatic heterocycles. The zero-order valence-corrected chi connectivity index (χ0v) is 10.1. The fourth-order valence-corrected chi connectivity index (χ4v) is 1.65. The van der Waals surface area contributed by atoms with Gasteiger partial charge in [-0.3, -0.25) is 4.98 Å². The van der Waals surface area contributed by atoms with Crippen LogP contribution in [0.3, 0.4) is 0 Å². The molecule has 0 aliphatic carbocycles. The summed E-state index contributed by atoms with van der Waals surface area (Å²) in [6, 6.07) is 7.53. The average Bonchev–Trinajstić information content (AvgIpc) is 2.27. The lowest BCUT2D eigenvalue weighted by molar-refractivity contribution is 0.0945. The summed E-state index contributed by atoms with van der Waals surface area (Å²) < 4.78 is 0. The van der Waals surface area contributed by atoms with Gasteiger partial charge < -0.3 is 16.2 Å². The van der Waals surface area contributed by atoms with Crippen LogP contribution in [0.1, 0.15) is 13.8 Å². The van der Waals surface area contributed by atoms with Crippen molar-refractivity contribution in [3.63, 3.8) is 0 Å². The lowest BCUT2D eigenvalue weighted by Crippen LogP contribution is -2.29. The first-order chi connectivity index (χ1) is 7.97. The third-order valence-corrected chi connectivity index (χ3v) is 2.51. The predicted octanol–water partition coefficient (Wildman–Crippen LogP) is 2.00. The van der Waals surface area contributed by atoms with E-state index in [1.807, 2.05) is 24.3 Å². The fourth-order valence-electron chi connectivity index (χ4n) is 1.65. The maximum atomic E-state index is 9.70. The Labute approximate surface area is 100 Å². The molecule has 0 spiro atoms. The average molecular weight is 231 g/mol. The van der Waals surface area contributed by atoms with Crippen LogP contribution < -0.4 is 11.1 Å². The van der Waals surface area contributed by atoms with Gasteiger partial charge in [0.2, 0.25) is 0 Å². The van der Waals surface area contributed by atoms with E-state index < -0.39 is 5.60 Å². The number of nitrogen functional groups attached to an aromatic ring is 1. The Balaban J connectivity index is 2.38. The minimum Gasteiger partial charge on any atom is -0.398 e. The summed E-state index contributed by atoms with van der Waals surface area (Å²) in [6.07, 6.45) is 1.73. The van der Waals surface area contributed by atoms with Crippen molar-refractivity contribution >= 4 is 22.3 Å². The summed E-state index contributed by atoms with van der Waals surface area (Å²) in [4.78, 5) is 4.32. The molecule has 0 aliphatic rings. The number of nitrogens with zero attached hydrogens (tertiary/aromatic N) is 1. The number of nitrogens with two attached hydrogens (primary N) is 1. The maximum absolute atomic E-state index is 9.70. The van der Waals surface area contributed by atoms with E-state index in [0.29, 0.717) is 12.2 Å². The van der Waals surface area contributed by atoms with E-state index >= 15 is 0 Å². The van der Waals surface area contributed by atoms with Crippen molar-refractivity contribution in [3.05, 3.63) is 30.5 Å². The summed E-state index contributed by atoms with van der Waals surface area (Å²) in [6.45, 7) is 3.97. The van der Waals surface area contributed by atoms with Gasteiger partial charge in [-0.15, -0.1) is 0 Å². The molecule has 4 heteroatoms. The monoisotopic (exact) mass is 231 g/mol. The van der Waals surface area contributed by atoms with Crippen LogP contribution in [0.2, 0.25) is 0 Å². The van der Waals surface area contributed by atoms with Gasteiger partial charge in [-0.25, -0.2) is 0 Å². The Bertz CT molecular complexity index is 532. The molecule has 0 fully saturated rings. The van der Waals surface area contributed by atoms with Crippen LogP contribution in [0.5, 0.6) is 0 Å². The van der Waals surface area contributed by atoms with Crippen LogP contribution in [-0.2, 0) is 0 Å². The van der Waals surface area contributed by atoms with Crippen molar-refractivity contribution in [2.45, 2.75) is 19.4 Å². The highest BCUT2D eigenvalue weighted by Crippen LogP contribution is 2.26. The number of aromatic nitrogens is 1. The van der Waals surface area contributed by atoms with Gasteiger partial charge in [0.1, 0.15) is 0 Å². The van der Waals surface area contributed by atoms with Crippen LogP contribution in [0.4, 0.5) is 11.4 Å². The Morgan fingerprint density at radius 3 is 2.82 bits per heavy atom. The quantitative estimate of drug-likeness (QED) is 0.706. The summed E-state index contributed by atoms with van der Waals surface area (Å²) in [7, 11) is 0. The normalized spacial score (nSPS) is 11.7. The third-order valence-electron chi connectivity index (χ3n) is 2.51. The van der Waals surface area contributed by atoms with Gasteiger partial charge in [-0.1, -0.05) is 0 Å². The van der Waals surface area contributed by atoms with E-state index in [2.05, 4.69) is 10.3 Å². The van der Waals surface area contributed by atoms with E-state index in [1.54, 1.807) is 20.0 Å². The number of benzene rings is 1. The number of pyridine rings is 1. The lowest BCUT2D eigenvalue weighted by Gasteiger charge is -2.19. The van der Waals surface area contributed by atoms with E-state index in [-0.39, 0.29) is 0 Å². The number of fused-ring (bicyclic) bond motifs is 1. The molecule has 0 saturated heterocycles. The molecule has 0 aliphatic heterocycles. The summed E-state index contributed by atoms with van der Waals surface area (Å²) in [5.74, 6) is 0. The summed E-state index contributed by atoms with van der Waals surface area (Å²) >= 11 is 0. The van der Waals surface area contributed by atoms with Crippen molar-refractivity contribution in [2.75, 3.05) is 17.6 Å². The van der Waals surface area contributed by atoms with Crippen LogP contribution >= 0.6 is 0 Å². The summed E-state index contributed by atoms with van der Waals surface area (Å²) in [5, 5.41) is 13.8. The molecule has 2 rings (SSSR count). The van der Waals surface area contributed by atoms with Gasteiger partial charge in [-0.2, -0.15) is 0 Å². The molecule has 0 unspecified atom stereocenters. The molecule has 0 amide bonds. The highest BCUT2D eigenvalue weighted by Gasteiger charge is 2.13. The number of rotatable bonds is 3. The van der Waals surface area contributed by atoms with E-state index in [4.69, 9.17) is 5.73 Å². The van der Waals surface area contributed by atoms with Crippen molar-refractivity contribution in [3.8, 4) is 0 Å². The second-order valence-electron chi connectivity index (χ2n) is 4.77. The molecule has 0 radical (unpaired) electrons. The van der Waals surface area contributed by atoms with Gasteiger partial charge in [0.25, 0.3) is 0 Å². The Kier molecular flexibility index (Phi) is 2.90. The van der Waals surface area contributed by atoms with Crippen molar-refractivity contribution in [1.29, 1.82) is 0 Å². The highest BCUT2D eigenvalue weighted by atomic mass is 16.3. The van der Waals surface area contributed by atoms with Crippen LogP contribution in [0.15, 0.2) is 30.5 Å². The zero-order valence-electron chi connectivity index (χ0n) is 10.1. The Morgan fingerprint density at radius 1 is 1.35 bits per heavy atom. The molecule has 1 heterocycles. The highest BCUT2D eigenvalue weighted by molar-refractivity contribution is 5.98. The van der Waals surface area contributed by atoms with Gasteiger partial charge >= 0.3 is 0 Å². The molecule has 0 saturated carbocycles. The molecule has 0 bridgehead atoms. The molecule has 2 aromatic rings. The number of nitrogens with one attached hydrogen (secondary N) is 1. The van der Waals surface area contributed by atoms with E-state index in [1.165, 1.54) is 0 Å². The Morgan fingerprint density at radius 2 is 2.12 bits per heavy atom. The number of aliphatic hydroxyl groups is 1. The number of hydrogen-bond acceptors (Lipinski definition) is 4. The first kappa shape index (κ1) is 11.7. The van der Waals surface area contributed by atoms with Crippen LogP contribution in [0, 0.1) is 0 Å². The minimum atomic E-state index is -0.761. The Hall–Kier alpha value is -1.81. The molecule has 1 aromatic carbocycles. The SMILES string of the molecule is CC(C)(O)CNc1ccc(N)c2cccnc12. The van der Waals surface area contributed by atoms with Gasteiger partial charge in [0.05, 0.1) is 16.8 Å². The van der Waals surface area contributed by atoms with Gasteiger partial charge in [0, 0.05) is 23.8 Å². The predicted molar refractivity (Wildman–Crippen MR) is 70.9 cm³/mol. The minimum absolute atomic E-state index is 0.461. The standard InChI is InChI=1S/C13H17N3O/c1-13(2,17)8-16-11-6-5-10(14)9-4-3-7-15-12(9)11/h3-7,16-17H,8,14H2,1-2H3. The first-order valence-electron chi connectivity index (χ1n) is 5.57. The number of anilines is 2. The van der Waals surface area contributed by atoms with Crippen molar-refractivity contribution in [2.24, 2.45) is 0 Å². The lowest BCUT2D eigenvalue weighted by atomic mass is 10.1. The second-order valence-corrected chi connectivity index (χ2v) is 4.77. The summed E-state index contributed by atoms with van der Waals surface area (Å²) in [5.41, 5.74) is 7.55. The fraction of sp³-hybridized carbons (Fsp3) is 0.308. The van der Waals surface area contributed by atoms with Crippen LogP contribution in [0.25, 0.3) is 10.9 Å². The number of hydrogen-bond donors (Lipinski definition) is 3. The molecule has 4 nitrogen and oxygen atoms in total. The smallest absolute Gasteiger partial charge is 0.0953 e. The van der Waals surface area contributed by atoms with E-state index in [0.717, 1.165) is 16.6 Å². The first-order valence-corrected chi connectivity index (χ1v) is 5.57. The topological polar surface area (TPSA) is 71.2 Å². The van der Waals surface area contributed by atoms with Gasteiger partial charge in [0.15, 0.2) is 0 Å². The van der Waals surface area contributed by atoms with E-state index in [9.17, 15) is 5.11 Å². The molecule has 0 atom stereocenters. The van der Waals surface area contributed by atoms with Crippen molar-refractivity contribution in [1.82, 2.24) is 4.98 Å². The van der Waals surface area contributed by atoms with Crippen molar-refractivity contribution < 1.29 is 5.11 Å². The van der Waals surface area contributed by atoms with Crippen LogP contribution in [-0.4, -0.2) is 22.2 Å². The second kappa shape index (κ2) is 4.22. The van der Waals surface area contributed by atoms with Gasteiger partial charge in [-0.05, 0) is 38.1 Å².